The van der Waals surface area contributed by atoms with Crippen LogP contribution in [0.5, 0.6) is 0 Å². The van der Waals surface area contributed by atoms with Crippen molar-refractivity contribution >= 4 is 11.8 Å². The Morgan fingerprint density at radius 3 is 2.87 bits per heavy atom. The highest BCUT2D eigenvalue weighted by atomic mass is 16.2. The first-order valence-corrected chi connectivity index (χ1v) is 5.35. The molecule has 5 nitrogen and oxygen atoms in total. The summed E-state index contributed by atoms with van der Waals surface area (Å²) in [5.74, 6) is 0.304. The Morgan fingerprint density at radius 2 is 2.33 bits per heavy atom. The van der Waals surface area contributed by atoms with Gasteiger partial charge in [-0.2, -0.15) is 0 Å². The minimum atomic E-state index is -0.320. The standard InChI is InChI=1S/C10H19N3O2/c1-7(5-11-2)6-12-10(15)8-3-4-9(14)13-8/h7-8,11H,3-6H2,1-2H3,(H,12,15)(H,13,14)/t7?,8-/m0/s1. The van der Waals surface area contributed by atoms with E-state index in [0.29, 0.717) is 25.3 Å². The first kappa shape index (κ1) is 12.0. The molecule has 1 aliphatic heterocycles. The molecule has 2 atom stereocenters. The largest absolute Gasteiger partial charge is 0.354 e. The van der Waals surface area contributed by atoms with Crippen molar-refractivity contribution < 1.29 is 9.59 Å². The smallest absolute Gasteiger partial charge is 0.242 e. The molecule has 0 aromatic rings. The highest BCUT2D eigenvalue weighted by molar-refractivity contribution is 5.90. The molecule has 0 saturated carbocycles. The molecular weight excluding hydrogens is 194 g/mol. The molecule has 86 valence electrons. The van der Waals surface area contributed by atoms with Gasteiger partial charge in [-0.15, -0.1) is 0 Å². The normalized spacial score (nSPS) is 22.3. The fraction of sp³-hybridized carbons (Fsp3) is 0.800. The summed E-state index contributed by atoms with van der Waals surface area (Å²) in [6, 6.07) is -0.320. The summed E-state index contributed by atoms with van der Waals surface area (Å²) < 4.78 is 0. The summed E-state index contributed by atoms with van der Waals surface area (Å²) in [6.07, 6.45) is 1.08. The Hall–Kier alpha value is -1.10. The van der Waals surface area contributed by atoms with Crippen molar-refractivity contribution in [3.8, 4) is 0 Å². The van der Waals surface area contributed by atoms with Gasteiger partial charge >= 0.3 is 0 Å². The van der Waals surface area contributed by atoms with Crippen LogP contribution >= 0.6 is 0 Å². The van der Waals surface area contributed by atoms with Crippen molar-refractivity contribution in [2.45, 2.75) is 25.8 Å². The lowest BCUT2D eigenvalue weighted by molar-refractivity contribution is -0.125. The lowest BCUT2D eigenvalue weighted by Crippen LogP contribution is -2.43. The molecule has 0 aliphatic carbocycles. The van der Waals surface area contributed by atoms with Gasteiger partial charge in [0, 0.05) is 13.0 Å². The molecule has 1 unspecified atom stereocenters. The number of carbonyl (C=O) groups is 2. The van der Waals surface area contributed by atoms with Crippen LogP contribution < -0.4 is 16.0 Å². The number of amides is 2. The first-order valence-electron chi connectivity index (χ1n) is 5.35. The second-order valence-electron chi connectivity index (χ2n) is 4.07. The van der Waals surface area contributed by atoms with Gasteiger partial charge in [-0.25, -0.2) is 0 Å². The van der Waals surface area contributed by atoms with E-state index in [1.807, 2.05) is 7.05 Å². The van der Waals surface area contributed by atoms with Crippen molar-refractivity contribution in [2.24, 2.45) is 5.92 Å². The predicted molar refractivity (Wildman–Crippen MR) is 57.3 cm³/mol. The molecule has 1 aliphatic rings. The second kappa shape index (κ2) is 5.70. The minimum absolute atomic E-state index is 0.0292. The number of carbonyl (C=O) groups excluding carboxylic acids is 2. The van der Waals surface area contributed by atoms with E-state index in [-0.39, 0.29) is 17.9 Å². The van der Waals surface area contributed by atoms with E-state index in [9.17, 15) is 9.59 Å². The monoisotopic (exact) mass is 213 g/mol. The molecule has 5 heteroatoms. The molecule has 0 aromatic carbocycles. The van der Waals surface area contributed by atoms with Gasteiger partial charge in [-0.1, -0.05) is 6.92 Å². The Labute approximate surface area is 90.0 Å². The van der Waals surface area contributed by atoms with Gasteiger partial charge in [0.05, 0.1) is 0 Å². The maximum absolute atomic E-state index is 11.6. The van der Waals surface area contributed by atoms with Gasteiger partial charge in [0.15, 0.2) is 0 Å². The van der Waals surface area contributed by atoms with Crippen LogP contribution in [0.15, 0.2) is 0 Å². The average molecular weight is 213 g/mol. The topological polar surface area (TPSA) is 70.2 Å². The Balaban J connectivity index is 2.21. The van der Waals surface area contributed by atoms with E-state index >= 15 is 0 Å². The third kappa shape index (κ3) is 3.87. The summed E-state index contributed by atoms with van der Waals surface area (Å²) in [4.78, 5) is 22.5. The fourth-order valence-corrected chi connectivity index (χ4v) is 1.63. The molecule has 0 aromatic heterocycles. The molecule has 0 spiro atoms. The SMILES string of the molecule is CNCC(C)CNC(=O)[C@@H]1CCC(=O)N1. The zero-order chi connectivity index (χ0) is 11.3. The number of rotatable bonds is 5. The second-order valence-corrected chi connectivity index (χ2v) is 4.07. The Morgan fingerprint density at radius 1 is 1.60 bits per heavy atom. The molecular formula is C10H19N3O2. The molecule has 1 heterocycles. The van der Waals surface area contributed by atoms with Crippen molar-refractivity contribution in [1.82, 2.24) is 16.0 Å². The Kier molecular flexibility index (Phi) is 4.55. The van der Waals surface area contributed by atoms with E-state index in [1.54, 1.807) is 0 Å². The molecule has 2 amide bonds. The third-order valence-electron chi connectivity index (χ3n) is 2.49. The highest BCUT2D eigenvalue weighted by Crippen LogP contribution is 2.06. The predicted octanol–water partition coefficient (Wildman–Crippen LogP) is -0.763. The zero-order valence-electron chi connectivity index (χ0n) is 9.30. The maximum atomic E-state index is 11.6. The van der Waals surface area contributed by atoms with Crippen LogP contribution in [0.4, 0.5) is 0 Å². The van der Waals surface area contributed by atoms with Gasteiger partial charge in [0.2, 0.25) is 11.8 Å². The van der Waals surface area contributed by atoms with Crippen LogP contribution in [0, 0.1) is 5.92 Å². The molecule has 1 rings (SSSR count). The molecule has 0 radical (unpaired) electrons. The van der Waals surface area contributed by atoms with E-state index < -0.39 is 0 Å². The van der Waals surface area contributed by atoms with E-state index in [2.05, 4.69) is 22.9 Å². The fourth-order valence-electron chi connectivity index (χ4n) is 1.63. The van der Waals surface area contributed by atoms with Crippen LogP contribution in [-0.4, -0.2) is 38.0 Å². The van der Waals surface area contributed by atoms with Crippen LogP contribution in [0.1, 0.15) is 19.8 Å². The lowest BCUT2D eigenvalue weighted by atomic mass is 10.1. The maximum Gasteiger partial charge on any atom is 0.242 e. The summed E-state index contributed by atoms with van der Waals surface area (Å²) in [5, 5.41) is 8.53. The highest BCUT2D eigenvalue weighted by Gasteiger charge is 2.26. The van der Waals surface area contributed by atoms with Crippen LogP contribution in [0.2, 0.25) is 0 Å². The Bertz CT molecular complexity index is 243. The van der Waals surface area contributed by atoms with Crippen molar-refractivity contribution in [1.29, 1.82) is 0 Å². The number of hydrogen-bond acceptors (Lipinski definition) is 3. The van der Waals surface area contributed by atoms with Crippen LogP contribution in [0.25, 0.3) is 0 Å². The van der Waals surface area contributed by atoms with Gasteiger partial charge in [0.25, 0.3) is 0 Å². The number of nitrogens with one attached hydrogen (secondary N) is 3. The number of hydrogen-bond donors (Lipinski definition) is 3. The average Bonchev–Trinajstić information content (AvgIpc) is 2.62. The molecule has 1 fully saturated rings. The summed E-state index contributed by atoms with van der Waals surface area (Å²) in [7, 11) is 1.88. The first-order chi connectivity index (χ1) is 7.13. The quantitative estimate of drug-likeness (QED) is 0.562. The van der Waals surface area contributed by atoms with Gasteiger partial charge in [0.1, 0.15) is 6.04 Å². The van der Waals surface area contributed by atoms with E-state index in [0.717, 1.165) is 6.54 Å². The van der Waals surface area contributed by atoms with E-state index in [4.69, 9.17) is 0 Å². The lowest BCUT2D eigenvalue weighted by Gasteiger charge is -2.14. The summed E-state index contributed by atoms with van der Waals surface area (Å²) in [6.45, 7) is 3.58. The molecule has 0 bridgehead atoms. The van der Waals surface area contributed by atoms with Crippen molar-refractivity contribution in [2.75, 3.05) is 20.1 Å². The van der Waals surface area contributed by atoms with Crippen molar-refractivity contribution in [3.63, 3.8) is 0 Å². The zero-order valence-corrected chi connectivity index (χ0v) is 9.30. The molecule has 1 saturated heterocycles. The summed E-state index contributed by atoms with van der Waals surface area (Å²) in [5.41, 5.74) is 0. The van der Waals surface area contributed by atoms with Gasteiger partial charge in [-0.3, -0.25) is 9.59 Å². The third-order valence-corrected chi connectivity index (χ3v) is 2.49. The van der Waals surface area contributed by atoms with Crippen LogP contribution in [0.3, 0.4) is 0 Å². The molecule has 15 heavy (non-hydrogen) atoms. The van der Waals surface area contributed by atoms with Crippen molar-refractivity contribution in [3.05, 3.63) is 0 Å². The van der Waals surface area contributed by atoms with Gasteiger partial charge < -0.3 is 16.0 Å². The summed E-state index contributed by atoms with van der Waals surface area (Å²) >= 11 is 0. The molecule has 3 N–H and O–H groups in total. The minimum Gasteiger partial charge on any atom is -0.354 e. The van der Waals surface area contributed by atoms with Crippen LogP contribution in [-0.2, 0) is 9.59 Å². The van der Waals surface area contributed by atoms with Gasteiger partial charge in [-0.05, 0) is 25.9 Å². The van der Waals surface area contributed by atoms with E-state index in [1.165, 1.54) is 0 Å².